The van der Waals surface area contributed by atoms with Gasteiger partial charge in [0.2, 0.25) is 5.82 Å². The van der Waals surface area contributed by atoms with E-state index in [2.05, 4.69) is 11.7 Å². The van der Waals surface area contributed by atoms with Gasteiger partial charge in [0.15, 0.2) is 17.3 Å². The van der Waals surface area contributed by atoms with Crippen molar-refractivity contribution in [2.24, 2.45) is 5.10 Å². The molecule has 0 aliphatic carbocycles. The number of fused-ring (bicyclic) bond motifs is 2. The smallest absolute Gasteiger partial charge is 0.282 e. The molecule has 0 aliphatic heterocycles. The molecule has 6 rings (SSSR count). The molecule has 6 aromatic rings. The second kappa shape index (κ2) is 12.6. The summed E-state index contributed by atoms with van der Waals surface area (Å²) in [5, 5.41) is 6.36. The predicted molar refractivity (Wildman–Crippen MR) is 171 cm³/mol. The molecule has 0 amide bonds. The van der Waals surface area contributed by atoms with E-state index in [-0.39, 0.29) is 23.8 Å². The molecule has 0 aliphatic rings. The maximum atomic E-state index is 13.7. The Labute approximate surface area is 257 Å². The summed E-state index contributed by atoms with van der Waals surface area (Å²) < 4.78 is 32.8. The van der Waals surface area contributed by atoms with E-state index in [9.17, 15) is 9.18 Å². The molecule has 2 aromatic heterocycles. The Kier molecular flexibility index (Phi) is 8.25. The van der Waals surface area contributed by atoms with Crippen molar-refractivity contribution < 1.29 is 18.3 Å². The van der Waals surface area contributed by atoms with Crippen molar-refractivity contribution in [3.8, 4) is 23.1 Å². The van der Waals surface area contributed by atoms with E-state index in [1.54, 1.807) is 73.0 Å². The van der Waals surface area contributed by atoms with Crippen LogP contribution >= 0.6 is 11.6 Å². The average Bonchev–Trinajstić information content (AvgIpc) is 3.44. The first-order valence-electron chi connectivity index (χ1n) is 14.0. The molecule has 44 heavy (non-hydrogen) atoms. The summed E-state index contributed by atoms with van der Waals surface area (Å²) in [6, 6.07) is 24.0. The van der Waals surface area contributed by atoms with E-state index in [0.29, 0.717) is 57.4 Å². The Balaban J connectivity index is 1.43. The van der Waals surface area contributed by atoms with Crippen molar-refractivity contribution in [2.75, 3.05) is 6.61 Å². The van der Waals surface area contributed by atoms with E-state index in [0.717, 1.165) is 16.5 Å². The molecule has 0 saturated heterocycles. The van der Waals surface area contributed by atoms with Gasteiger partial charge in [0, 0.05) is 16.0 Å². The topological polar surface area (TPSA) is 78.9 Å². The van der Waals surface area contributed by atoms with Crippen LogP contribution in [-0.2, 0) is 13.0 Å². The Bertz CT molecular complexity index is 2080. The monoisotopic (exact) mass is 607 g/mol. The van der Waals surface area contributed by atoms with Crippen LogP contribution in [-0.4, -0.2) is 22.5 Å². The minimum Gasteiger partial charge on any atom is -0.490 e. The number of nitrogens with zero attached hydrogens (tertiary/aromatic N) is 3. The largest absolute Gasteiger partial charge is 0.490 e. The lowest BCUT2D eigenvalue weighted by Gasteiger charge is -2.17. The van der Waals surface area contributed by atoms with E-state index in [1.807, 2.05) is 19.1 Å². The summed E-state index contributed by atoms with van der Waals surface area (Å²) in [6.45, 7) is 6.39. The van der Waals surface area contributed by atoms with Gasteiger partial charge in [0.05, 0.1) is 23.7 Å². The molecule has 0 radical (unpaired) electrons. The molecule has 0 spiro atoms. The first-order valence-corrected chi connectivity index (χ1v) is 14.3. The van der Waals surface area contributed by atoms with Gasteiger partial charge in [-0.25, -0.2) is 9.37 Å². The molecular formula is C35H27ClFN3O4. The molecule has 0 N–H and O–H groups in total. The van der Waals surface area contributed by atoms with Gasteiger partial charge >= 0.3 is 0 Å². The first kappa shape index (κ1) is 28.9. The van der Waals surface area contributed by atoms with Gasteiger partial charge in [-0.3, -0.25) is 4.79 Å². The fourth-order valence-electron chi connectivity index (χ4n) is 4.87. The highest BCUT2D eigenvalue weighted by molar-refractivity contribution is 6.31. The van der Waals surface area contributed by atoms with Gasteiger partial charge in [-0.05, 0) is 85.1 Å². The minimum absolute atomic E-state index is 0.224. The summed E-state index contributed by atoms with van der Waals surface area (Å²) in [7, 11) is 0. The van der Waals surface area contributed by atoms with Crippen molar-refractivity contribution in [3.05, 3.63) is 135 Å². The number of furan rings is 1. The lowest BCUT2D eigenvalue weighted by Crippen LogP contribution is -2.20. The molecule has 4 aromatic carbocycles. The second-order valence-electron chi connectivity index (χ2n) is 9.96. The molecule has 0 unspecified atom stereocenters. The van der Waals surface area contributed by atoms with Crippen LogP contribution < -0.4 is 15.0 Å². The van der Waals surface area contributed by atoms with E-state index < -0.39 is 0 Å². The van der Waals surface area contributed by atoms with Gasteiger partial charge in [-0.15, -0.1) is 6.58 Å². The van der Waals surface area contributed by atoms with Gasteiger partial charge < -0.3 is 13.9 Å². The van der Waals surface area contributed by atoms with Gasteiger partial charge in [-0.2, -0.15) is 9.78 Å². The van der Waals surface area contributed by atoms with Crippen LogP contribution in [0.2, 0.25) is 5.02 Å². The third-order valence-electron chi connectivity index (χ3n) is 6.89. The summed E-state index contributed by atoms with van der Waals surface area (Å²) in [5.41, 5.74) is 3.07. The van der Waals surface area contributed by atoms with Crippen molar-refractivity contribution in [2.45, 2.75) is 20.0 Å². The molecule has 0 atom stereocenters. The quantitative estimate of drug-likeness (QED) is 0.116. The molecule has 0 saturated carbocycles. The van der Waals surface area contributed by atoms with Crippen LogP contribution in [0.4, 0.5) is 4.39 Å². The first-order chi connectivity index (χ1) is 21.4. The van der Waals surface area contributed by atoms with Crippen LogP contribution in [0.15, 0.2) is 112 Å². The van der Waals surface area contributed by atoms with E-state index in [1.165, 1.54) is 16.8 Å². The highest BCUT2D eigenvalue weighted by Crippen LogP contribution is 2.35. The molecule has 2 heterocycles. The zero-order chi connectivity index (χ0) is 30.6. The number of rotatable bonds is 10. The predicted octanol–water partition coefficient (Wildman–Crippen LogP) is 8.19. The van der Waals surface area contributed by atoms with Gasteiger partial charge in [0.25, 0.3) is 5.56 Å². The highest BCUT2D eigenvalue weighted by atomic mass is 35.5. The maximum absolute atomic E-state index is 13.7. The summed E-state index contributed by atoms with van der Waals surface area (Å²) in [4.78, 5) is 18.5. The van der Waals surface area contributed by atoms with Crippen molar-refractivity contribution in [3.63, 3.8) is 0 Å². The van der Waals surface area contributed by atoms with Crippen LogP contribution in [0.25, 0.3) is 33.5 Å². The average molecular weight is 608 g/mol. The summed E-state index contributed by atoms with van der Waals surface area (Å²) >= 11 is 6.19. The molecular weight excluding hydrogens is 581 g/mol. The van der Waals surface area contributed by atoms with Crippen LogP contribution in [0, 0.1) is 5.82 Å². The second-order valence-corrected chi connectivity index (χ2v) is 10.4. The number of hydrogen-bond acceptors (Lipinski definition) is 6. The van der Waals surface area contributed by atoms with Gasteiger partial charge in [0.1, 0.15) is 18.0 Å². The molecule has 0 fully saturated rings. The Morgan fingerprint density at radius 1 is 1.05 bits per heavy atom. The third-order valence-corrected chi connectivity index (χ3v) is 7.12. The Hall–Kier alpha value is -5.21. The third kappa shape index (κ3) is 5.98. The minimum atomic E-state index is -0.351. The van der Waals surface area contributed by atoms with Crippen LogP contribution in [0.5, 0.6) is 11.5 Å². The Morgan fingerprint density at radius 2 is 1.86 bits per heavy atom. The number of aromatic nitrogens is 2. The zero-order valence-electron chi connectivity index (χ0n) is 23.8. The number of para-hydroxylation sites is 1. The van der Waals surface area contributed by atoms with E-state index >= 15 is 0 Å². The summed E-state index contributed by atoms with van der Waals surface area (Å²) in [6.07, 6.45) is 3.82. The van der Waals surface area contributed by atoms with Gasteiger partial charge in [-0.1, -0.05) is 41.9 Å². The maximum Gasteiger partial charge on any atom is 0.282 e. The van der Waals surface area contributed by atoms with Crippen LogP contribution in [0.3, 0.4) is 0 Å². The molecule has 9 heteroatoms. The standard InChI is InChI=1S/C35H27ClFN3O4/c1-3-7-24-16-23(17-31(42-4-2)33(24)43-21-22-10-13-27(37)14-11-22)20-38-40-34(39-29-9-6-5-8-28(29)35(40)41)32-19-25-18-26(36)12-15-30(25)44-32/h3,5-6,8-20H,1,4,7,21H2,2H3. The number of ether oxygens (including phenoxy) is 2. The SMILES string of the molecule is C=CCc1cc(C=Nn2c(-c3cc4cc(Cl)ccc4o3)nc3ccccc3c2=O)cc(OCC)c1OCc1ccc(F)cc1. The normalized spacial score (nSPS) is 11.4. The highest BCUT2D eigenvalue weighted by Gasteiger charge is 2.18. The van der Waals surface area contributed by atoms with Crippen molar-refractivity contribution in [1.82, 2.24) is 9.66 Å². The van der Waals surface area contributed by atoms with E-state index in [4.69, 9.17) is 30.5 Å². The zero-order valence-corrected chi connectivity index (χ0v) is 24.6. The summed E-state index contributed by atoms with van der Waals surface area (Å²) in [5.74, 6) is 1.36. The lowest BCUT2D eigenvalue weighted by molar-refractivity contribution is 0.267. The van der Waals surface area contributed by atoms with Crippen molar-refractivity contribution >= 4 is 39.7 Å². The fraction of sp³-hybridized carbons (Fsp3) is 0.114. The lowest BCUT2D eigenvalue weighted by atomic mass is 10.1. The number of halogens is 2. The fourth-order valence-corrected chi connectivity index (χ4v) is 5.05. The number of benzene rings is 4. The van der Waals surface area contributed by atoms with Crippen LogP contribution in [0.1, 0.15) is 23.6 Å². The molecule has 7 nitrogen and oxygen atoms in total. The number of hydrogen-bond donors (Lipinski definition) is 0. The van der Waals surface area contributed by atoms with Crippen molar-refractivity contribution in [1.29, 1.82) is 0 Å². The molecule has 220 valence electrons. The Morgan fingerprint density at radius 3 is 2.66 bits per heavy atom. The molecule has 0 bridgehead atoms. The number of allylic oxidation sites excluding steroid dienone is 1.